The molecule has 19 heavy (non-hydrogen) atoms. The number of carbonyl (C=O) groups is 1. The first-order valence-electron chi connectivity index (χ1n) is 6.96. The number of hydrogen-bond donors (Lipinski definition) is 2. The van der Waals surface area contributed by atoms with Crippen molar-refractivity contribution in [3.05, 3.63) is 18.0 Å². The highest BCUT2D eigenvalue weighted by atomic mass is 16.1. The van der Waals surface area contributed by atoms with Crippen molar-refractivity contribution in [2.45, 2.75) is 33.1 Å². The summed E-state index contributed by atoms with van der Waals surface area (Å²) in [5, 5.41) is 7.05. The van der Waals surface area contributed by atoms with Crippen molar-refractivity contribution in [1.29, 1.82) is 0 Å². The smallest absolute Gasteiger partial charge is 0.220 e. The van der Waals surface area contributed by atoms with E-state index in [0.717, 1.165) is 18.5 Å². The van der Waals surface area contributed by atoms with Crippen molar-refractivity contribution < 1.29 is 4.79 Å². The van der Waals surface area contributed by atoms with E-state index in [2.05, 4.69) is 24.3 Å². The zero-order valence-corrected chi connectivity index (χ0v) is 12.2. The number of amides is 1. The number of rotatable bonds is 8. The monoisotopic (exact) mass is 266 g/mol. The third kappa shape index (κ3) is 5.87. The van der Waals surface area contributed by atoms with Crippen LogP contribution in [0, 0.1) is 11.8 Å². The summed E-state index contributed by atoms with van der Waals surface area (Å²) in [6, 6.07) is 1.97. The number of hydrogen-bond acceptors (Lipinski definition) is 3. The largest absolute Gasteiger partial charge is 0.356 e. The van der Waals surface area contributed by atoms with Gasteiger partial charge in [0.05, 0.1) is 0 Å². The summed E-state index contributed by atoms with van der Waals surface area (Å²) in [7, 11) is 1.91. The summed E-state index contributed by atoms with van der Waals surface area (Å²) in [6.45, 7) is 5.54. The normalized spacial score (nSPS) is 12.7. The number of aryl methyl sites for hydroxylation is 1. The van der Waals surface area contributed by atoms with E-state index in [9.17, 15) is 4.79 Å². The Morgan fingerprint density at radius 1 is 1.53 bits per heavy atom. The third-order valence-electron chi connectivity index (χ3n) is 3.24. The van der Waals surface area contributed by atoms with Gasteiger partial charge in [-0.2, -0.15) is 5.10 Å². The van der Waals surface area contributed by atoms with Crippen molar-refractivity contribution in [2.75, 3.05) is 13.1 Å². The van der Waals surface area contributed by atoms with Crippen molar-refractivity contribution in [3.8, 4) is 0 Å². The van der Waals surface area contributed by atoms with Crippen LogP contribution in [0.3, 0.4) is 0 Å². The zero-order chi connectivity index (χ0) is 14.3. The lowest BCUT2D eigenvalue weighted by atomic mass is 9.94. The van der Waals surface area contributed by atoms with E-state index in [4.69, 9.17) is 5.73 Å². The van der Waals surface area contributed by atoms with Crippen LogP contribution in [0.1, 0.15) is 32.4 Å². The van der Waals surface area contributed by atoms with Crippen LogP contribution in [0.2, 0.25) is 0 Å². The molecule has 1 aromatic rings. The topological polar surface area (TPSA) is 72.9 Å². The second kappa shape index (κ2) is 7.94. The van der Waals surface area contributed by atoms with Gasteiger partial charge in [0.15, 0.2) is 0 Å². The first kappa shape index (κ1) is 15.7. The molecule has 5 nitrogen and oxygen atoms in total. The molecule has 1 atom stereocenters. The minimum Gasteiger partial charge on any atom is -0.356 e. The molecule has 0 radical (unpaired) electrons. The van der Waals surface area contributed by atoms with Gasteiger partial charge in [-0.25, -0.2) is 0 Å². The summed E-state index contributed by atoms with van der Waals surface area (Å²) in [5.74, 6) is 0.964. The molecule has 1 amide bonds. The molecule has 0 saturated heterocycles. The minimum atomic E-state index is 0.0956. The summed E-state index contributed by atoms with van der Waals surface area (Å²) >= 11 is 0. The minimum absolute atomic E-state index is 0.0956. The third-order valence-corrected chi connectivity index (χ3v) is 3.24. The quantitative estimate of drug-likeness (QED) is 0.740. The fraction of sp³-hybridized carbons (Fsp3) is 0.714. The highest BCUT2D eigenvalue weighted by Gasteiger charge is 2.13. The molecule has 0 bridgehead atoms. The van der Waals surface area contributed by atoms with Crippen LogP contribution in [0.5, 0.6) is 0 Å². The molecule has 0 aromatic carbocycles. The first-order valence-corrected chi connectivity index (χ1v) is 6.96. The maximum atomic E-state index is 11.8. The van der Waals surface area contributed by atoms with Crippen LogP contribution in [0.25, 0.3) is 0 Å². The van der Waals surface area contributed by atoms with Gasteiger partial charge in [0.25, 0.3) is 0 Å². The van der Waals surface area contributed by atoms with Crippen LogP contribution >= 0.6 is 0 Å². The van der Waals surface area contributed by atoms with Gasteiger partial charge >= 0.3 is 0 Å². The van der Waals surface area contributed by atoms with Crippen LogP contribution in [-0.4, -0.2) is 28.8 Å². The Bertz CT molecular complexity index is 387. The van der Waals surface area contributed by atoms with E-state index in [0.29, 0.717) is 25.4 Å². The van der Waals surface area contributed by atoms with E-state index in [1.54, 1.807) is 6.20 Å². The maximum Gasteiger partial charge on any atom is 0.220 e. The molecule has 0 aliphatic rings. The average Bonchev–Trinajstić information content (AvgIpc) is 2.73. The lowest BCUT2D eigenvalue weighted by Crippen LogP contribution is -2.30. The maximum absolute atomic E-state index is 11.8. The standard InChI is InChI=1S/C14H26N4O/c1-11(2)8-12(10-15)9-14(19)16-6-4-13-5-7-17-18(13)3/h5,7,11-12H,4,6,8-10,15H2,1-3H3,(H,16,19)/t12-/m0/s1. The summed E-state index contributed by atoms with van der Waals surface area (Å²) in [6.07, 6.45) is 4.11. The van der Waals surface area contributed by atoms with Crippen molar-refractivity contribution in [2.24, 2.45) is 24.6 Å². The molecule has 1 heterocycles. The van der Waals surface area contributed by atoms with Crippen molar-refractivity contribution in [3.63, 3.8) is 0 Å². The van der Waals surface area contributed by atoms with E-state index < -0.39 is 0 Å². The fourth-order valence-corrected chi connectivity index (χ4v) is 2.24. The molecule has 3 N–H and O–H groups in total. The lowest BCUT2D eigenvalue weighted by molar-refractivity contribution is -0.122. The van der Waals surface area contributed by atoms with Crippen LogP contribution in [0.4, 0.5) is 0 Å². The van der Waals surface area contributed by atoms with Gasteiger partial charge in [0.2, 0.25) is 5.91 Å². The molecule has 0 fully saturated rings. The van der Waals surface area contributed by atoms with Crippen molar-refractivity contribution in [1.82, 2.24) is 15.1 Å². The Morgan fingerprint density at radius 2 is 2.26 bits per heavy atom. The van der Waals surface area contributed by atoms with Crippen LogP contribution < -0.4 is 11.1 Å². The predicted molar refractivity (Wildman–Crippen MR) is 76.5 cm³/mol. The molecule has 0 saturated carbocycles. The van der Waals surface area contributed by atoms with Gasteiger partial charge < -0.3 is 11.1 Å². The number of carbonyl (C=O) groups excluding carboxylic acids is 1. The highest BCUT2D eigenvalue weighted by Crippen LogP contribution is 2.13. The zero-order valence-electron chi connectivity index (χ0n) is 12.2. The Hall–Kier alpha value is -1.36. The van der Waals surface area contributed by atoms with Crippen LogP contribution in [0.15, 0.2) is 12.3 Å². The highest BCUT2D eigenvalue weighted by molar-refractivity contribution is 5.76. The summed E-state index contributed by atoms with van der Waals surface area (Å²) < 4.78 is 1.83. The Labute approximate surface area is 115 Å². The molecule has 0 unspecified atom stereocenters. The Kier molecular flexibility index (Phi) is 6.56. The molecular weight excluding hydrogens is 240 g/mol. The van der Waals surface area contributed by atoms with E-state index in [1.165, 1.54) is 0 Å². The molecule has 108 valence electrons. The second-order valence-corrected chi connectivity index (χ2v) is 5.48. The molecule has 0 aliphatic carbocycles. The average molecular weight is 266 g/mol. The SMILES string of the molecule is CC(C)C[C@H](CN)CC(=O)NCCc1ccnn1C. The predicted octanol–water partition coefficient (Wildman–Crippen LogP) is 1.09. The van der Waals surface area contributed by atoms with Gasteiger partial charge in [-0.3, -0.25) is 9.48 Å². The number of nitrogens with zero attached hydrogens (tertiary/aromatic N) is 2. The van der Waals surface area contributed by atoms with Gasteiger partial charge in [-0.1, -0.05) is 13.8 Å². The summed E-state index contributed by atoms with van der Waals surface area (Å²) in [5.41, 5.74) is 6.83. The van der Waals surface area contributed by atoms with Gasteiger partial charge in [-0.05, 0) is 30.9 Å². The number of nitrogens with two attached hydrogens (primary N) is 1. The molecular formula is C14H26N4O. The van der Waals surface area contributed by atoms with Gasteiger partial charge in [-0.15, -0.1) is 0 Å². The van der Waals surface area contributed by atoms with Crippen molar-refractivity contribution >= 4 is 5.91 Å². The lowest BCUT2D eigenvalue weighted by Gasteiger charge is -2.16. The van der Waals surface area contributed by atoms with Crippen LogP contribution in [-0.2, 0) is 18.3 Å². The number of nitrogens with one attached hydrogen (secondary N) is 1. The van der Waals surface area contributed by atoms with Gasteiger partial charge in [0.1, 0.15) is 0 Å². The van der Waals surface area contributed by atoms with E-state index in [1.807, 2.05) is 17.8 Å². The molecule has 1 rings (SSSR count). The van der Waals surface area contributed by atoms with E-state index in [-0.39, 0.29) is 11.8 Å². The molecule has 1 aromatic heterocycles. The van der Waals surface area contributed by atoms with E-state index >= 15 is 0 Å². The fourth-order valence-electron chi connectivity index (χ4n) is 2.24. The number of aromatic nitrogens is 2. The Morgan fingerprint density at radius 3 is 2.79 bits per heavy atom. The Balaban J connectivity index is 2.25. The second-order valence-electron chi connectivity index (χ2n) is 5.48. The van der Waals surface area contributed by atoms with Gasteiger partial charge in [0, 0.05) is 38.3 Å². The molecule has 0 aliphatic heterocycles. The first-order chi connectivity index (χ1) is 9.02. The molecule has 5 heteroatoms. The summed E-state index contributed by atoms with van der Waals surface area (Å²) in [4.78, 5) is 11.8. The molecule has 0 spiro atoms.